The largest absolute Gasteiger partial charge is 0.496 e. The molecule has 8 heteroatoms. The number of pyridine rings is 1. The third-order valence-corrected chi connectivity index (χ3v) is 4.97. The lowest BCUT2D eigenvalue weighted by atomic mass is 10.1. The minimum Gasteiger partial charge on any atom is -0.496 e. The molecule has 5 aromatic rings. The first-order chi connectivity index (χ1) is 15.7. The van der Waals surface area contributed by atoms with Crippen LogP contribution in [0.4, 0.5) is 5.69 Å². The van der Waals surface area contributed by atoms with Crippen molar-refractivity contribution in [3.8, 4) is 28.4 Å². The third kappa shape index (κ3) is 3.65. The first kappa shape index (κ1) is 19.4. The number of fused-ring (bicyclic) bond motifs is 1. The number of carbonyl (C=O) groups excluding carboxylic acids is 1. The molecular formula is C24H18N6O2. The Morgan fingerprint density at radius 2 is 1.75 bits per heavy atom. The van der Waals surface area contributed by atoms with E-state index in [1.54, 1.807) is 42.2 Å². The minimum atomic E-state index is -0.248. The normalized spacial score (nSPS) is 10.8. The van der Waals surface area contributed by atoms with Crippen LogP contribution in [-0.2, 0) is 0 Å². The fourth-order valence-corrected chi connectivity index (χ4v) is 3.41. The highest BCUT2D eigenvalue weighted by Gasteiger charge is 2.13. The zero-order chi connectivity index (χ0) is 21.9. The summed E-state index contributed by atoms with van der Waals surface area (Å²) in [6.07, 6.45) is 3.41. The molecule has 5 rings (SSSR count). The number of nitrogens with zero attached hydrogens (tertiary/aromatic N) is 5. The van der Waals surface area contributed by atoms with Gasteiger partial charge in [0.1, 0.15) is 5.75 Å². The van der Waals surface area contributed by atoms with Gasteiger partial charge in [-0.1, -0.05) is 24.3 Å². The summed E-state index contributed by atoms with van der Waals surface area (Å²) >= 11 is 0. The summed E-state index contributed by atoms with van der Waals surface area (Å²) in [4.78, 5) is 16.8. The van der Waals surface area contributed by atoms with E-state index in [1.807, 2.05) is 54.6 Å². The molecule has 0 radical (unpaired) electrons. The quantitative estimate of drug-likeness (QED) is 0.458. The van der Waals surface area contributed by atoms with Gasteiger partial charge >= 0.3 is 0 Å². The summed E-state index contributed by atoms with van der Waals surface area (Å²) in [7, 11) is 1.54. The van der Waals surface area contributed by atoms with Gasteiger partial charge in [0.15, 0.2) is 11.5 Å². The van der Waals surface area contributed by atoms with E-state index in [9.17, 15) is 4.79 Å². The Hall–Kier alpha value is -4.59. The Bertz CT molecular complexity index is 1410. The van der Waals surface area contributed by atoms with Crippen molar-refractivity contribution in [2.24, 2.45) is 0 Å². The highest BCUT2D eigenvalue weighted by Crippen LogP contribution is 2.24. The number of hydrogen-bond acceptors (Lipinski definition) is 6. The number of anilines is 1. The van der Waals surface area contributed by atoms with Crippen LogP contribution in [0.25, 0.3) is 28.3 Å². The van der Waals surface area contributed by atoms with E-state index in [1.165, 1.54) is 0 Å². The van der Waals surface area contributed by atoms with Crippen LogP contribution in [0.15, 0.2) is 85.2 Å². The van der Waals surface area contributed by atoms with Crippen molar-refractivity contribution < 1.29 is 9.53 Å². The van der Waals surface area contributed by atoms with Crippen molar-refractivity contribution in [3.63, 3.8) is 0 Å². The molecule has 3 heterocycles. The summed E-state index contributed by atoms with van der Waals surface area (Å²) in [6.45, 7) is 0. The lowest BCUT2D eigenvalue weighted by Gasteiger charge is -2.10. The molecule has 1 N–H and O–H groups in total. The summed E-state index contributed by atoms with van der Waals surface area (Å²) in [5.41, 5.74) is 4.20. The van der Waals surface area contributed by atoms with Crippen molar-refractivity contribution in [2.75, 3.05) is 12.4 Å². The average Bonchev–Trinajstić information content (AvgIpc) is 3.28. The maximum Gasteiger partial charge on any atom is 0.259 e. The van der Waals surface area contributed by atoms with Crippen LogP contribution in [0.5, 0.6) is 5.75 Å². The molecule has 0 fully saturated rings. The van der Waals surface area contributed by atoms with E-state index < -0.39 is 0 Å². The molecule has 0 atom stereocenters. The van der Waals surface area contributed by atoms with Gasteiger partial charge in [0, 0.05) is 29.2 Å². The molecule has 1 amide bonds. The predicted molar refractivity (Wildman–Crippen MR) is 120 cm³/mol. The van der Waals surface area contributed by atoms with Crippen molar-refractivity contribution in [1.82, 2.24) is 24.8 Å². The molecule has 0 bridgehead atoms. The summed E-state index contributed by atoms with van der Waals surface area (Å²) in [6, 6.07) is 22.1. The van der Waals surface area contributed by atoms with Crippen LogP contribution in [0.2, 0.25) is 0 Å². The number of amides is 1. The van der Waals surface area contributed by atoms with E-state index >= 15 is 0 Å². The van der Waals surface area contributed by atoms with E-state index in [0.29, 0.717) is 28.5 Å². The Morgan fingerprint density at radius 1 is 0.906 bits per heavy atom. The molecule has 0 aliphatic rings. The van der Waals surface area contributed by atoms with Crippen LogP contribution < -0.4 is 10.1 Å². The molecule has 2 aromatic carbocycles. The zero-order valence-electron chi connectivity index (χ0n) is 17.1. The third-order valence-electron chi connectivity index (χ3n) is 4.97. The second kappa shape index (κ2) is 8.27. The molecule has 0 spiro atoms. The van der Waals surface area contributed by atoms with Crippen LogP contribution >= 0.6 is 0 Å². The Kier molecular flexibility index (Phi) is 5.01. The number of hydrogen-bond donors (Lipinski definition) is 1. The lowest BCUT2D eigenvalue weighted by molar-refractivity contribution is 0.102. The second-order valence-corrected chi connectivity index (χ2v) is 6.98. The molecule has 0 saturated heterocycles. The van der Waals surface area contributed by atoms with Gasteiger partial charge in [-0.3, -0.25) is 9.78 Å². The van der Waals surface area contributed by atoms with Crippen LogP contribution in [-0.4, -0.2) is 37.8 Å². The summed E-state index contributed by atoms with van der Waals surface area (Å²) < 4.78 is 6.99. The van der Waals surface area contributed by atoms with Gasteiger partial charge in [-0.2, -0.15) is 9.61 Å². The maximum atomic E-state index is 12.8. The molecule has 0 aliphatic heterocycles. The fraction of sp³-hybridized carbons (Fsp3) is 0.0417. The highest BCUT2D eigenvalue weighted by atomic mass is 16.5. The lowest BCUT2D eigenvalue weighted by Crippen LogP contribution is -2.13. The van der Waals surface area contributed by atoms with Gasteiger partial charge in [-0.15, -0.1) is 10.2 Å². The van der Waals surface area contributed by atoms with E-state index in [4.69, 9.17) is 9.84 Å². The Morgan fingerprint density at radius 3 is 2.59 bits per heavy atom. The first-order valence-electron chi connectivity index (χ1n) is 9.90. The monoisotopic (exact) mass is 422 g/mol. The van der Waals surface area contributed by atoms with Gasteiger partial charge in [0.2, 0.25) is 0 Å². The second-order valence-electron chi connectivity index (χ2n) is 6.98. The standard InChI is InChI=1S/C24H18N6O2/c1-32-21-8-3-2-7-19(21)24(31)26-18-6-4-5-17(15-18)20-9-10-22-27-28-23(30(22)29-20)16-11-13-25-14-12-16/h2-15H,1H3,(H,26,31). The van der Waals surface area contributed by atoms with Gasteiger partial charge in [-0.05, 0) is 48.5 Å². The predicted octanol–water partition coefficient (Wildman–Crippen LogP) is 4.11. The van der Waals surface area contributed by atoms with Gasteiger partial charge in [-0.25, -0.2) is 0 Å². The minimum absolute atomic E-state index is 0.248. The maximum absolute atomic E-state index is 12.8. The number of rotatable bonds is 5. The Balaban J connectivity index is 1.47. The van der Waals surface area contributed by atoms with Gasteiger partial charge in [0.05, 0.1) is 18.4 Å². The summed E-state index contributed by atoms with van der Waals surface area (Å²) in [5.74, 6) is 0.899. The SMILES string of the molecule is COc1ccccc1C(=O)Nc1cccc(-c2ccc3nnc(-c4ccncc4)n3n2)c1. The molecule has 0 unspecified atom stereocenters. The number of benzene rings is 2. The number of aromatic nitrogens is 5. The number of ether oxygens (including phenoxy) is 1. The molecule has 3 aromatic heterocycles. The van der Waals surface area contributed by atoms with Gasteiger partial charge in [0.25, 0.3) is 5.91 Å². The van der Waals surface area contributed by atoms with Crippen molar-refractivity contribution in [3.05, 3.63) is 90.8 Å². The van der Waals surface area contributed by atoms with Crippen LogP contribution in [0, 0.1) is 0 Å². The molecular weight excluding hydrogens is 404 g/mol. The van der Waals surface area contributed by atoms with E-state index in [-0.39, 0.29) is 5.91 Å². The van der Waals surface area contributed by atoms with E-state index in [0.717, 1.165) is 16.8 Å². The molecule has 8 nitrogen and oxygen atoms in total. The fourth-order valence-electron chi connectivity index (χ4n) is 3.41. The smallest absolute Gasteiger partial charge is 0.259 e. The van der Waals surface area contributed by atoms with Crippen molar-refractivity contribution in [1.29, 1.82) is 0 Å². The average molecular weight is 422 g/mol. The molecule has 32 heavy (non-hydrogen) atoms. The zero-order valence-corrected chi connectivity index (χ0v) is 17.1. The molecule has 0 saturated carbocycles. The van der Waals surface area contributed by atoms with Crippen LogP contribution in [0.3, 0.4) is 0 Å². The topological polar surface area (TPSA) is 94.3 Å². The number of carbonyl (C=O) groups is 1. The van der Waals surface area contributed by atoms with E-state index in [2.05, 4.69) is 20.5 Å². The first-order valence-corrected chi connectivity index (χ1v) is 9.90. The number of methoxy groups -OCH3 is 1. The van der Waals surface area contributed by atoms with Crippen molar-refractivity contribution >= 4 is 17.2 Å². The van der Waals surface area contributed by atoms with Crippen molar-refractivity contribution in [2.45, 2.75) is 0 Å². The Labute approximate surface area is 183 Å². The molecule has 0 aliphatic carbocycles. The number of para-hydroxylation sites is 1. The summed E-state index contributed by atoms with van der Waals surface area (Å²) in [5, 5.41) is 16.1. The van der Waals surface area contributed by atoms with Crippen LogP contribution in [0.1, 0.15) is 10.4 Å². The molecule has 156 valence electrons. The number of nitrogens with one attached hydrogen (secondary N) is 1. The van der Waals surface area contributed by atoms with Gasteiger partial charge < -0.3 is 10.1 Å². The highest BCUT2D eigenvalue weighted by molar-refractivity contribution is 6.06.